The number of benzene rings is 2. The summed E-state index contributed by atoms with van der Waals surface area (Å²) in [6.45, 7) is 0.932. The first kappa shape index (κ1) is 14.1. The topological polar surface area (TPSA) is 61.3 Å². The van der Waals surface area contributed by atoms with Crippen LogP contribution in [0.4, 0.5) is 0 Å². The van der Waals surface area contributed by atoms with Crippen LogP contribution in [-0.2, 0) is 6.61 Å². The van der Waals surface area contributed by atoms with E-state index in [1.807, 2.05) is 48.5 Å². The van der Waals surface area contributed by atoms with Crippen LogP contribution in [0.3, 0.4) is 0 Å². The summed E-state index contributed by atoms with van der Waals surface area (Å²) >= 11 is 3.54. The first-order valence-corrected chi connectivity index (χ1v) is 6.92. The van der Waals surface area contributed by atoms with Crippen LogP contribution in [0.2, 0.25) is 0 Å². The van der Waals surface area contributed by atoms with Crippen LogP contribution in [-0.4, -0.2) is 6.54 Å². The van der Waals surface area contributed by atoms with Crippen LogP contribution in [0, 0.1) is 0 Å². The van der Waals surface area contributed by atoms with Gasteiger partial charge in [-0.2, -0.15) is 0 Å². The van der Waals surface area contributed by atoms with Gasteiger partial charge in [-0.1, -0.05) is 42.5 Å². The average Bonchev–Trinajstić information content (AvgIpc) is 2.46. The molecule has 19 heavy (non-hydrogen) atoms. The Bertz CT molecular complexity index is 531. The third-order valence-corrected chi connectivity index (χ3v) is 3.73. The number of halogens is 1. The van der Waals surface area contributed by atoms with Gasteiger partial charge in [0.05, 0.1) is 4.47 Å². The number of hydrogen-bond donors (Lipinski definition) is 2. The Hall–Kier alpha value is -1.36. The van der Waals surface area contributed by atoms with Gasteiger partial charge < -0.3 is 16.2 Å². The van der Waals surface area contributed by atoms with Gasteiger partial charge >= 0.3 is 0 Å². The third kappa shape index (κ3) is 3.56. The second kappa shape index (κ2) is 6.70. The summed E-state index contributed by atoms with van der Waals surface area (Å²) in [5.41, 5.74) is 13.7. The molecular formula is C15H17BrN2O. The monoisotopic (exact) mass is 320 g/mol. The van der Waals surface area contributed by atoms with Gasteiger partial charge in [0.2, 0.25) is 0 Å². The maximum absolute atomic E-state index is 5.96. The minimum absolute atomic E-state index is 0.186. The molecule has 0 saturated heterocycles. The second-order valence-electron chi connectivity index (χ2n) is 4.28. The summed E-state index contributed by atoms with van der Waals surface area (Å²) in [5.74, 6) is 0.783. The highest BCUT2D eigenvalue weighted by atomic mass is 79.9. The molecule has 0 aromatic heterocycles. The molecule has 0 bridgehead atoms. The fraction of sp³-hybridized carbons (Fsp3) is 0.200. The smallest absolute Gasteiger partial charge is 0.134 e. The predicted octanol–water partition coefficient (Wildman–Crippen LogP) is 2.99. The highest BCUT2D eigenvalue weighted by Crippen LogP contribution is 2.31. The lowest BCUT2D eigenvalue weighted by Gasteiger charge is -2.15. The van der Waals surface area contributed by atoms with Crippen molar-refractivity contribution in [3.8, 4) is 5.75 Å². The van der Waals surface area contributed by atoms with Crippen molar-refractivity contribution in [3.63, 3.8) is 0 Å². The van der Waals surface area contributed by atoms with Gasteiger partial charge in [-0.15, -0.1) is 0 Å². The van der Waals surface area contributed by atoms with Gasteiger partial charge in [0.1, 0.15) is 12.4 Å². The van der Waals surface area contributed by atoms with E-state index in [9.17, 15) is 0 Å². The standard InChI is InChI=1S/C15H17BrN2O/c16-15-12(13(18)9-17)7-4-8-14(15)19-10-11-5-2-1-3-6-11/h1-8,13H,9-10,17-18H2. The van der Waals surface area contributed by atoms with Crippen molar-refractivity contribution in [3.05, 3.63) is 64.1 Å². The lowest BCUT2D eigenvalue weighted by molar-refractivity contribution is 0.303. The summed E-state index contributed by atoms with van der Waals surface area (Å²) in [7, 11) is 0. The molecule has 0 spiro atoms. The molecule has 0 saturated carbocycles. The van der Waals surface area contributed by atoms with Crippen LogP contribution >= 0.6 is 15.9 Å². The van der Waals surface area contributed by atoms with E-state index in [4.69, 9.17) is 16.2 Å². The van der Waals surface area contributed by atoms with Gasteiger partial charge in [0.15, 0.2) is 0 Å². The van der Waals surface area contributed by atoms with E-state index in [2.05, 4.69) is 15.9 Å². The van der Waals surface area contributed by atoms with Gasteiger partial charge in [-0.05, 0) is 33.1 Å². The highest BCUT2D eigenvalue weighted by molar-refractivity contribution is 9.10. The van der Waals surface area contributed by atoms with Gasteiger partial charge in [0.25, 0.3) is 0 Å². The Labute approximate surface area is 121 Å². The van der Waals surface area contributed by atoms with Crippen molar-refractivity contribution in [1.29, 1.82) is 0 Å². The molecule has 0 fully saturated rings. The van der Waals surface area contributed by atoms with Crippen LogP contribution in [0.15, 0.2) is 53.0 Å². The van der Waals surface area contributed by atoms with E-state index in [1.54, 1.807) is 0 Å². The zero-order valence-corrected chi connectivity index (χ0v) is 12.1. The maximum atomic E-state index is 5.96. The molecule has 4 N–H and O–H groups in total. The lowest BCUT2D eigenvalue weighted by Crippen LogP contribution is -2.21. The van der Waals surface area contributed by atoms with Crippen molar-refractivity contribution < 1.29 is 4.74 Å². The number of ether oxygens (including phenoxy) is 1. The normalized spacial score (nSPS) is 12.2. The molecule has 1 atom stereocenters. The van der Waals surface area contributed by atoms with Crippen LogP contribution < -0.4 is 16.2 Å². The third-order valence-electron chi connectivity index (χ3n) is 2.88. The van der Waals surface area contributed by atoms with E-state index >= 15 is 0 Å². The molecule has 0 aliphatic heterocycles. The zero-order valence-electron chi connectivity index (χ0n) is 10.6. The largest absolute Gasteiger partial charge is 0.488 e. The van der Waals surface area contributed by atoms with Gasteiger partial charge in [-0.25, -0.2) is 0 Å². The fourth-order valence-electron chi connectivity index (χ4n) is 1.79. The Kier molecular flexibility index (Phi) is 4.96. The predicted molar refractivity (Wildman–Crippen MR) is 80.9 cm³/mol. The average molecular weight is 321 g/mol. The van der Waals surface area contributed by atoms with Gasteiger partial charge in [-0.3, -0.25) is 0 Å². The first-order valence-electron chi connectivity index (χ1n) is 6.13. The molecule has 0 radical (unpaired) electrons. The number of nitrogens with two attached hydrogens (primary N) is 2. The highest BCUT2D eigenvalue weighted by Gasteiger charge is 2.12. The van der Waals surface area contributed by atoms with Crippen LogP contribution in [0.25, 0.3) is 0 Å². The van der Waals surface area contributed by atoms with Crippen LogP contribution in [0.5, 0.6) is 5.75 Å². The molecule has 4 heteroatoms. The molecule has 1 unspecified atom stereocenters. The maximum Gasteiger partial charge on any atom is 0.134 e. The summed E-state index contributed by atoms with van der Waals surface area (Å²) in [5, 5.41) is 0. The molecule has 0 aliphatic rings. The van der Waals surface area contributed by atoms with E-state index in [-0.39, 0.29) is 6.04 Å². The number of rotatable bonds is 5. The van der Waals surface area contributed by atoms with Crippen molar-refractivity contribution >= 4 is 15.9 Å². The minimum atomic E-state index is -0.186. The first-order chi connectivity index (χ1) is 9.22. The zero-order chi connectivity index (χ0) is 13.7. The summed E-state index contributed by atoms with van der Waals surface area (Å²) < 4.78 is 6.69. The number of hydrogen-bond acceptors (Lipinski definition) is 3. The second-order valence-corrected chi connectivity index (χ2v) is 5.07. The Balaban J connectivity index is 2.13. The molecule has 100 valence electrons. The van der Waals surface area contributed by atoms with E-state index < -0.39 is 0 Å². The van der Waals surface area contributed by atoms with Crippen molar-refractivity contribution in [2.45, 2.75) is 12.6 Å². The van der Waals surface area contributed by atoms with Crippen molar-refractivity contribution in [1.82, 2.24) is 0 Å². The van der Waals surface area contributed by atoms with Crippen molar-refractivity contribution in [2.24, 2.45) is 11.5 Å². The van der Waals surface area contributed by atoms with E-state index in [0.717, 1.165) is 21.3 Å². The molecule has 0 heterocycles. The fourth-order valence-corrected chi connectivity index (χ4v) is 2.46. The summed E-state index contributed by atoms with van der Waals surface area (Å²) in [6, 6.07) is 15.7. The van der Waals surface area contributed by atoms with E-state index in [1.165, 1.54) is 0 Å². The molecule has 2 aromatic carbocycles. The summed E-state index contributed by atoms with van der Waals surface area (Å²) in [6.07, 6.45) is 0. The molecular weight excluding hydrogens is 304 g/mol. The van der Waals surface area contributed by atoms with Gasteiger partial charge in [0, 0.05) is 12.6 Å². The Morgan fingerprint density at radius 3 is 2.47 bits per heavy atom. The molecule has 2 aromatic rings. The molecule has 2 rings (SSSR count). The Morgan fingerprint density at radius 1 is 1.05 bits per heavy atom. The van der Waals surface area contributed by atoms with E-state index in [0.29, 0.717) is 13.2 Å². The SMILES string of the molecule is NCC(N)c1cccc(OCc2ccccc2)c1Br. The summed E-state index contributed by atoms with van der Waals surface area (Å²) in [4.78, 5) is 0. The molecule has 0 amide bonds. The quantitative estimate of drug-likeness (QED) is 0.890. The molecule has 0 aliphatic carbocycles. The minimum Gasteiger partial charge on any atom is -0.488 e. The lowest BCUT2D eigenvalue weighted by atomic mass is 10.1. The van der Waals surface area contributed by atoms with Crippen molar-refractivity contribution in [2.75, 3.05) is 6.54 Å². The van der Waals surface area contributed by atoms with Crippen LogP contribution in [0.1, 0.15) is 17.2 Å². The molecule has 3 nitrogen and oxygen atoms in total. The Morgan fingerprint density at radius 2 is 1.79 bits per heavy atom.